The van der Waals surface area contributed by atoms with Gasteiger partial charge in [0.15, 0.2) is 0 Å². The molecule has 0 amide bonds. The van der Waals surface area contributed by atoms with E-state index in [0.29, 0.717) is 27.9 Å². The summed E-state index contributed by atoms with van der Waals surface area (Å²) in [6.07, 6.45) is 0. The Morgan fingerprint density at radius 2 is 1.69 bits per heavy atom. The predicted molar refractivity (Wildman–Crippen MR) is 116 cm³/mol. The molecule has 0 aliphatic carbocycles. The SMILES string of the molecule is Cc1cc(Cl)cc(Cl)c1S(=O)(=O)Nc1cccc(COCc2ccc(Cl)cc2)n1. The molecule has 3 rings (SSSR count). The Morgan fingerprint density at radius 3 is 2.38 bits per heavy atom. The van der Waals surface area contributed by atoms with Crippen LogP contribution in [0.2, 0.25) is 15.1 Å². The average Bonchev–Trinajstić information content (AvgIpc) is 2.62. The van der Waals surface area contributed by atoms with Crippen LogP contribution in [-0.2, 0) is 28.0 Å². The Balaban J connectivity index is 1.70. The van der Waals surface area contributed by atoms with Crippen LogP contribution < -0.4 is 4.72 Å². The first-order chi connectivity index (χ1) is 13.7. The number of rotatable bonds is 7. The lowest BCUT2D eigenvalue weighted by Crippen LogP contribution is -2.16. The molecule has 0 aliphatic heterocycles. The first-order valence-corrected chi connectivity index (χ1v) is 11.1. The van der Waals surface area contributed by atoms with Crippen molar-refractivity contribution in [3.05, 3.63) is 86.5 Å². The molecule has 0 aliphatic rings. The van der Waals surface area contributed by atoms with Gasteiger partial charge in [0.05, 0.1) is 23.9 Å². The number of hydrogen-bond donors (Lipinski definition) is 1. The van der Waals surface area contributed by atoms with Gasteiger partial charge in [0.2, 0.25) is 0 Å². The largest absolute Gasteiger partial charge is 0.370 e. The highest BCUT2D eigenvalue weighted by molar-refractivity contribution is 7.92. The Bertz CT molecular complexity index is 1100. The molecule has 1 N–H and O–H groups in total. The molecular weight excluding hydrogens is 455 g/mol. The third-order valence-electron chi connectivity index (χ3n) is 3.94. The summed E-state index contributed by atoms with van der Waals surface area (Å²) in [7, 11) is -3.93. The van der Waals surface area contributed by atoms with Gasteiger partial charge in [-0.15, -0.1) is 0 Å². The third kappa shape index (κ3) is 5.84. The van der Waals surface area contributed by atoms with E-state index < -0.39 is 10.0 Å². The van der Waals surface area contributed by atoms with Crippen molar-refractivity contribution in [2.45, 2.75) is 25.0 Å². The van der Waals surface area contributed by atoms with Crippen LogP contribution in [0, 0.1) is 6.92 Å². The molecule has 0 radical (unpaired) electrons. The minimum Gasteiger partial charge on any atom is -0.370 e. The van der Waals surface area contributed by atoms with Gasteiger partial charge in [0, 0.05) is 10.0 Å². The van der Waals surface area contributed by atoms with Crippen LogP contribution in [-0.4, -0.2) is 13.4 Å². The van der Waals surface area contributed by atoms with E-state index in [2.05, 4.69) is 9.71 Å². The van der Waals surface area contributed by atoms with E-state index in [1.807, 2.05) is 12.1 Å². The monoisotopic (exact) mass is 470 g/mol. The molecule has 0 spiro atoms. The number of anilines is 1. The molecule has 29 heavy (non-hydrogen) atoms. The molecule has 1 aromatic heterocycles. The lowest BCUT2D eigenvalue weighted by Gasteiger charge is -2.12. The molecule has 0 fully saturated rings. The fraction of sp³-hybridized carbons (Fsp3) is 0.150. The number of ether oxygens (including phenoxy) is 1. The van der Waals surface area contributed by atoms with E-state index in [1.54, 1.807) is 37.3 Å². The zero-order valence-corrected chi connectivity index (χ0v) is 18.4. The Hall–Kier alpha value is -1.83. The second-order valence-corrected chi connectivity index (χ2v) is 9.17. The van der Waals surface area contributed by atoms with E-state index in [0.717, 1.165) is 5.56 Å². The van der Waals surface area contributed by atoms with Gasteiger partial charge >= 0.3 is 0 Å². The summed E-state index contributed by atoms with van der Waals surface area (Å²) in [6, 6.07) is 15.3. The number of aromatic nitrogens is 1. The van der Waals surface area contributed by atoms with Crippen molar-refractivity contribution in [2.24, 2.45) is 0 Å². The fourth-order valence-electron chi connectivity index (χ4n) is 2.69. The van der Waals surface area contributed by atoms with E-state index in [4.69, 9.17) is 39.5 Å². The second kappa shape index (κ2) is 9.32. The van der Waals surface area contributed by atoms with Crippen LogP contribution in [0.25, 0.3) is 0 Å². The molecule has 152 valence electrons. The number of aryl methyl sites for hydroxylation is 1. The van der Waals surface area contributed by atoms with Gasteiger partial charge in [0.1, 0.15) is 10.7 Å². The van der Waals surface area contributed by atoms with E-state index >= 15 is 0 Å². The summed E-state index contributed by atoms with van der Waals surface area (Å²) in [4.78, 5) is 4.27. The summed E-state index contributed by atoms with van der Waals surface area (Å²) in [5.74, 6) is 0.169. The van der Waals surface area contributed by atoms with E-state index in [1.165, 1.54) is 12.1 Å². The quantitative estimate of drug-likeness (QED) is 0.468. The van der Waals surface area contributed by atoms with Gasteiger partial charge in [-0.3, -0.25) is 4.72 Å². The summed E-state index contributed by atoms with van der Waals surface area (Å²) >= 11 is 17.9. The lowest BCUT2D eigenvalue weighted by molar-refractivity contribution is 0.104. The Morgan fingerprint density at radius 1 is 0.966 bits per heavy atom. The minimum atomic E-state index is -3.93. The fourth-order valence-corrected chi connectivity index (χ4v) is 5.00. The molecule has 0 bridgehead atoms. The maximum Gasteiger partial charge on any atom is 0.264 e. The molecule has 9 heteroatoms. The number of benzene rings is 2. The highest BCUT2D eigenvalue weighted by Crippen LogP contribution is 2.30. The van der Waals surface area contributed by atoms with Crippen LogP contribution in [0.3, 0.4) is 0 Å². The van der Waals surface area contributed by atoms with Crippen molar-refractivity contribution in [2.75, 3.05) is 4.72 Å². The third-order valence-corrected chi connectivity index (χ3v) is 6.38. The van der Waals surface area contributed by atoms with Crippen LogP contribution in [0.5, 0.6) is 0 Å². The standard InChI is InChI=1S/C20H17Cl3N2O3S/c1-13-9-16(22)10-18(23)20(13)29(26,27)25-19-4-2-3-17(24-19)12-28-11-14-5-7-15(21)8-6-14/h2-10H,11-12H2,1H3,(H,24,25). The zero-order chi connectivity index (χ0) is 21.0. The van der Waals surface area contributed by atoms with Crippen molar-refractivity contribution in [1.82, 2.24) is 4.98 Å². The molecule has 0 saturated heterocycles. The predicted octanol–water partition coefficient (Wildman–Crippen LogP) is 5.87. The minimum absolute atomic E-state index is 0.0326. The summed E-state index contributed by atoms with van der Waals surface area (Å²) < 4.78 is 33.6. The second-order valence-electron chi connectivity index (χ2n) is 6.27. The topological polar surface area (TPSA) is 68.3 Å². The van der Waals surface area contributed by atoms with Crippen LogP contribution >= 0.6 is 34.8 Å². The molecule has 0 atom stereocenters. The number of nitrogens with one attached hydrogen (secondary N) is 1. The van der Waals surface area contributed by atoms with E-state index in [-0.39, 0.29) is 22.3 Å². The molecule has 5 nitrogen and oxygen atoms in total. The molecule has 3 aromatic rings. The number of hydrogen-bond acceptors (Lipinski definition) is 4. The molecule has 1 heterocycles. The lowest BCUT2D eigenvalue weighted by atomic mass is 10.2. The molecular formula is C20H17Cl3N2O3S. The highest BCUT2D eigenvalue weighted by atomic mass is 35.5. The molecule has 0 unspecified atom stereocenters. The zero-order valence-electron chi connectivity index (χ0n) is 15.3. The first kappa shape index (κ1) is 21.9. The van der Waals surface area contributed by atoms with Gasteiger partial charge in [-0.2, -0.15) is 0 Å². The number of nitrogens with zero attached hydrogens (tertiary/aromatic N) is 1. The number of halogens is 3. The van der Waals surface area contributed by atoms with E-state index in [9.17, 15) is 8.42 Å². The van der Waals surface area contributed by atoms with Crippen molar-refractivity contribution < 1.29 is 13.2 Å². The van der Waals surface area contributed by atoms with Gasteiger partial charge in [-0.05, 0) is 54.4 Å². The van der Waals surface area contributed by atoms with Crippen molar-refractivity contribution in [1.29, 1.82) is 0 Å². The van der Waals surface area contributed by atoms with Crippen molar-refractivity contribution >= 4 is 50.6 Å². The van der Waals surface area contributed by atoms with Gasteiger partial charge in [-0.1, -0.05) is 53.0 Å². The maximum absolute atomic E-state index is 12.8. The van der Waals surface area contributed by atoms with Gasteiger partial charge in [-0.25, -0.2) is 13.4 Å². The van der Waals surface area contributed by atoms with Crippen molar-refractivity contribution in [3.8, 4) is 0 Å². The number of pyridine rings is 1. The van der Waals surface area contributed by atoms with Crippen LogP contribution in [0.4, 0.5) is 5.82 Å². The summed E-state index contributed by atoms with van der Waals surface area (Å²) in [5, 5.41) is 1.07. The first-order valence-electron chi connectivity index (χ1n) is 8.51. The maximum atomic E-state index is 12.8. The van der Waals surface area contributed by atoms with Crippen molar-refractivity contribution in [3.63, 3.8) is 0 Å². The molecule has 0 saturated carbocycles. The Kier molecular flexibility index (Phi) is 7.03. The smallest absolute Gasteiger partial charge is 0.264 e. The Labute approximate surface area is 184 Å². The van der Waals surface area contributed by atoms with Gasteiger partial charge in [0.25, 0.3) is 10.0 Å². The number of sulfonamides is 1. The van der Waals surface area contributed by atoms with Crippen LogP contribution in [0.1, 0.15) is 16.8 Å². The summed E-state index contributed by atoms with van der Waals surface area (Å²) in [5.41, 5.74) is 2.00. The highest BCUT2D eigenvalue weighted by Gasteiger charge is 2.22. The van der Waals surface area contributed by atoms with Crippen LogP contribution in [0.15, 0.2) is 59.5 Å². The average molecular weight is 472 g/mol. The summed E-state index contributed by atoms with van der Waals surface area (Å²) in [6.45, 7) is 2.23. The normalized spacial score (nSPS) is 11.4. The van der Waals surface area contributed by atoms with Gasteiger partial charge < -0.3 is 4.74 Å². The molecule has 2 aromatic carbocycles.